The molecule has 0 atom stereocenters. The summed E-state index contributed by atoms with van der Waals surface area (Å²) in [4.78, 5) is 32.6. The first-order valence-corrected chi connectivity index (χ1v) is 9.98. The van der Waals surface area contributed by atoms with Gasteiger partial charge in [0.15, 0.2) is 11.4 Å². The average Bonchev–Trinajstić information content (AvgIpc) is 3.04. The Morgan fingerprint density at radius 1 is 1.29 bits per heavy atom. The molecule has 0 saturated heterocycles. The third-order valence-corrected chi connectivity index (χ3v) is 5.00. The number of fused-ring (bicyclic) bond motifs is 1. The van der Waals surface area contributed by atoms with Crippen molar-refractivity contribution in [2.75, 3.05) is 0 Å². The first-order valence-electron chi connectivity index (χ1n) is 9.60. The molecule has 0 spiro atoms. The van der Waals surface area contributed by atoms with Crippen LogP contribution in [0.15, 0.2) is 23.1 Å². The number of carbonyl (C=O) groups excluding carboxylic acids is 1. The highest BCUT2D eigenvalue weighted by atomic mass is 35.5. The molecule has 0 saturated carbocycles. The summed E-state index contributed by atoms with van der Waals surface area (Å²) in [6.07, 6.45) is 4.04. The summed E-state index contributed by atoms with van der Waals surface area (Å²) >= 11 is 6.17. The quantitative estimate of drug-likeness (QED) is 0.470. The van der Waals surface area contributed by atoms with Gasteiger partial charge in [-0.2, -0.15) is 5.10 Å². The molecule has 3 aromatic heterocycles. The number of halogens is 1. The minimum absolute atomic E-state index is 0.0694. The van der Waals surface area contributed by atoms with E-state index in [1.807, 2.05) is 26.8 Å². The molecular formula is C21H25ClN4O2. The molecule has 0 aliphatic carbocycles. The number of Topliss-reactive ketones (excluding diaryl/α,β-unsaturated/α-hetero) is 1. The third kappa shape index (κ3) is 4.02. The van der Waals surface area contributed by atoms with E-state index < -0.39 is 0 Å². The topological polar surface area (TPSA) is 80.6 Å². The molecule has 0 amide bonds. The van der Waals surface area contributed by atoms with Crippen LogP contribution in [0.4, 0.5) is 0 Å². The van der Waals surface area contributed by atoms with Gasteiger partial charge in [0, 0.05) is 34.7 Å². The molecule has 0 aliphatic rings. The molecule has 3 rings (SSSR count). The maximum Gasteiger partial charge on any atom is 0.251 e. The zero-order valence-corrected chi connectivity index (χ0v) is 17.4. The normalized spacial score (nSPS) is 11.5. The first kappa shape index (κ1) is 20.3. The highest BCUT2D eigenvalue weighted by Crippen LogP contribution is 2.24. The monoisotopic (exact) mass is 400 g/mol. The summed E-state index contributed by atoms with van der Waals surface area (Å²) in [6.45, 7) is 7.94. The Hall–Kier alpha value is -2.47. The Kier molecular flexibility index (Phi) is 5.98. The number of aromatic amines is 1. The van der Waals surface area contributed by atoms with E-state index in [4.69, 9.17) is 11.6 Å². The molecule has 0 fully saturated rings. The lowest BCUT2D eigenvalue weighted by Gasteiger charge is -2.10. The zero-order valence-electron chi connectivity index (χ0n) is 16.7. The summed E-state index contributed by atoms with van der Waals surface area (Å²) in [6, 6.07) is 3.69. The van der Waals surface area contributed by atoms with Gasteiger partial charge in [-0.3, -0.25) is 9.59 Å². The van der Waals surface area contributed by atoms with Crippen LogP contribution < -0.4 is 5.56 Å². The summed E-state index contributed by atoms with van der Waals surface area (Å²) in [5.41, 5.74) is 3.54. The van der Waals surface area contributed by atoms with E-state index in [-0.39, 0.29) is 29.0 Å². The van der Waals surface area contributed by atoms with Gasteiger partial charge in [0.05, 0.1) is 6.20 Å². The second kappa shape index (κ2) is 8.27. The van der Waals surface area contributed by atoms with E-state index >= 15 is 0 Å². The lowest BCUT2D eigenvalue weighted by atomic mass is 9.97. The van der Waals surface area contributed by atoms with Crippen LogP contribution in [0.2, 0.25) is 5.15 Å². The Morgan fingerprint density at radius 3 is 2.71 bits per heavy atom. The van der Waals surface area contributed by atoms with E-state index in [1.165, 1.54) is 0 Å². The molecule has 3 aromatic rings. The first-order chi connectivity index (χ1) is 13.3. The minimum Gasteiger partial charge on any atom is -0.326 e. The van der Waals surface area contributed by atoms with Crippen LogP contribution in [0.1, 0.15) is 66.8 Å². The second-order valence-electron chi connectivity index (χ2n) is 7.37. The number of rotatable bonds is 7. The smallest absolute Gasteiger partial charge is 0.251 e. The van der Waals surface area contributed by atoms with E-state index in [9.17, 15) is 9.59 Å². The molecule has 0 aliphatic heterocycles. The largest absolute Gasteiger partial charge is 0.326 e. The van der Waals surface area contributed by atoms with Gasteiger partial charge < -0.3 is 4.98 Å². The maximum atomic E-state index is 13.0. The summed E-state index contributed by atoms with van der Waals surface area (Å²) in [5.74, 6) is -0.0694. The van der Waals surface area contributed by atoms with Crippen LogP contribution in [0, 0.1) is 6.92 Å². The maximum absolute atomic E-state index is 13.0. The Bertz CT molecular complexity index is 1080. The van der Waals surface area contributed by atoms with Gasteiger partial charge >= 0.3 is 0 Å². The fourth-order valence-corrected chi connectivity index (χ4v) is 3.71. The SMILES string of the molecule is CCCc1cc(C)[nH]c(=O)c1CCC(=O)c1cc(Cl)nc2c1cnn2C(C)C. The fraction of sp³-hybridized carbons (Fsp3) is 0.429. The van der Waals surface area contributed by atoms with Crippen molar-refractivity contribution in [3.05, 3.63) is 56.2 Å². The Labute approximate surface area is 168 Å². The lowest BCUT2D eigenvalue weighted by Crippen LogP contribution is -2.18. The second-order valence-corrected chi connectivity index (χ2v) is 7.76. The van der Waals surface area contributed by atoms with Crippen LogP contribution in [-0.4, -0.2) is 25.5 Å². The number of H-pyrrole nitrogens is 1. The fourth-order valence-electron chi connectivity index (χ4n) is 3.52. The van der Waals surface area contributed by atoms with Crippen LogP contribution >= 0.6 is 11.6 Å². The number of ketones is 1. The minimum atomic E-state index is -0.109. The summed E-state index contributed by atoms with van der Waals surface area (Å²) in [7, 11) is 0. The number of aryl methyl sites for hydroxylation is 2. The van der Waals surface area contributed by atoms with Crippen molar-refractivity contribution in [1.29, 1.82) is 0 Å². The van der Waals surface area contributed by atoms with Crippen molar-refractivity contribution in [3.63, 3.8) is 0 Å². The third-order valence-electron chi connectivity index (χ3n) is 4.81. The number of hydrogen-bond donors (Lipinski definition) is 1. The van der Waals surface area contributed by atoms with Crippen LogP contribution in [0.5, 0.6) is 0 Å². The molecular weight excluding hydrogens is 376 g/mol. The molecule has 0 aromatic carbocycles. The highest BCUT2D eigenvalue weighted by molar-refractivity contribution is 6.30. The van der Waals surface area contributed by atoms with Gasteiger partial charge in [-0.25, -0.2) is 9.67 Å². The van der Waals surface area contributed by atoms with Gasteiger partial charge in [0.1, 0.15) is 5.15 Å². The zero-order chi connectivity index (χ0) is 20.4. The number of hydrogen-bond acceptors (Lipinski definition) is 4. The predicted molar refractivity (Wildman–Crippen MR) is 111 cm³/mol. The standard InChI is InChI=1S/C21H25ClN4O2/c1-5-6-14-9-13(4)24-21(28)15(14)7-8-18(27)16-10-19(22)25-20-17(16)11-23-26(20)12(2)3/h9-12H,5-8H2,1-4H3,(H,24,28). The van der Waals surface area contributed by atoms with Gasteiger partial charge in [0.25, 0.3) is 5.56 Å². The van der Waals surface area contributed by atoms with Gasteiger partial charge in [-0.1, -0.05) is 24.9 Å². The van der Waals surface area contributed by atoms with Crippen molar-refractivity contribution in [2.45, 2.75) is 59.4 Å². The van der Waals surface area contributed by atoms with E-state index in [2.05, 4.69) is 22.0 Å². The molecule has 28 heavy (non-hydrogen) atoms. The lowest BCUT2D eigenvalue weighted by molar-refractivity contribution is 0.0984. The number of nitrogens with zero attached hydrogens (tertiary/aromatic N) is 3. The van der Waals surface area contributed by atoms with Crippen molar-refractivity contribution in [1.82, 2.24) is 19.7 Å². The molecule has 7 heteroatoms. The van der Waals surface area contributed by atoms with Crippen molar-refractivity contribution < 1.29 is 4.79 Å². The van der Waals surface area contributed by atoms with E-state index in [1.54, 1.807) is 16.9 Å². The average molecular weight is 401 g/mol. The number of nitrogens with one attached hydrogen (secondary N) is 1. The number of carbonyl (C=O) groups is 1. The molecule has 6 nitrogen and oxygen atoms in total. The van der Waals surface area contributed by atoms with Gasteiger partial charge in [0.2, 0.25) is 0 Å². The number of pyridine rings is 2. The van der Waals surface area contributed by atoms with Crippen LogP contribution in [0.25, 0.3) is 11.0 Å². The molecule has 0 bridgehead atoms. The number of aromatic nitrogens is 4. The molecule has 0 radical (unpaired) electrons. The van der Waals surface area contributed by atoms with Crippen LogP contribution in [-0.2, 0) is 12.8 Å². The van der Waals surface area contributed by atoms with Gasteiger partial charge in [-0.15, -0.1) is 0 Å². The van der Waals surface area contributed by atoms with Crippen molar-refractivity contribution >= 4 is 28.4 Å². The molecule has 1 N–H and O–H groups in total. The van der Waals surface area contributed by atoms with Crippen molar-refractivity contribution in [3.8, 4) is 0 Å². The molecule has 0 unspecified atom stereocenters. The van der Waals surface area contributed by atoms with E-state index in [0.29, 0.717) is 28.6 Å². The molecule has 148 valence electrons. The highest BCUT2D eigenvalue weighted by Gasteiger charge is 2.18. The van der Waals surface area contributed by atoms with Gasteiger partial charge in [-0.05, 0) is 51.3 Å². The van der Waals surface area contributed by atoms with E-state index in [0.717, 1.165) is 24.1 Å². The summed E-state index contributed by atoms with van der Waals surface area (Å²) in [5, 5.41) is 5.30. The summed E-state index contributed by atoms with van der Waals surface area (Å²) < 4.78 is 1.75. The van der Waals surface area contributed by atoms with Crippen LogP contribution in [0.3, 0.4) is 0 Å². The molecule has 3 heterocycles. The van der Waals surface area contributed by atoms with Crippen molar-refractivity contribution in [2.24, 2.45) is 0 Å². The Morgan fingerprint density at radius 2 is 2.04 bits per heavy atom. The Balaban J connectivity index is 1.92. The predicted octanol–water partition coefficient (Wildman–Crippen LogP) is 4.43.